The second-order valence-electron chi connectivity index (χ2n) is 4.35. The van der Waals surface area contributed by atoms with Crippen molar-refractivity contribution in [2.75, 3.05) is 5.88 Å². The molecule has 0 aliphatic heterocycles. The second kappa shape index (κ2) is 4.99. The van der Waals surface area contributed by atoms with E-state index in [1.54, 1.807) is 0 Å². The van der Waals surface area contributed by atoms with Gasteiger partial charge in [-0.05, 0) is 18.8 Å². The van der Waals surface area contributed by atoms with Crippen molar-refractivity contribution < 1.29 is 0 Å². The van der Waals surface area contributed by atoms with Crippen LogP contribution in [0.2, 0.25) is 0 Å². The van der Waals surface area contributed by atoms with Crippen LogP contribution in [0.15, 0.2) is 12.4 Å². The van der Waals surface area contributed by atoms with Crippen LogP contribution in [-0.2, 0) is 13.6 Å². The minimum atomic E-state index is 0.600. The Morgan fingerprint density at radius 3 is 3.13 bits per heavy atom. The highest BCUT2D eigenvalue weighted by molar-refractivity contribution is 6.18. The van der Waals surface area contributed by atoms with E-state index in [-0.39, 0.29) is 0 Å². The van der Waals surface area contributed by atoms with Gasteiger partial charge in [0.05, 0.1) is 6.20 Å². The molecule has 84 valence electrons. The van der Waals surface area contributed by atoms with Gasteiger partial charge in [0.1, 0.15) is 0 Å². The molecule has 4 heteroatoms. The molecule has 1 heterocycles. The van der Waals surface area contributed by atoms with Crippen molar-refractivity contribution in [2.24, 2.45) is 13.0 Å². The van der Waals surface area contributed by atoms with E-state index < -0.39 is 0 Å². The van der Waals surface area contributed by atoms with Gasteiger partial charge in [-0.1, -0.05) is 6.42 Å². The van der Waals surface area contributed by atoms with Gasteiger partial charge in [0.2, 0.25) is 0 Å². The molecular weight excluding hydrogens is 210 g/mol. The van der Waals surface area contributed by atoms with Crippen LogP contribution in [0, 0.1) is 5.92 Å². The Morgan fingerprint density at radius 1 is 1.60 bits per heavy atom. The molecule has 1 aliphatic carbocycles. The Hall–Kier alpha value is -0.540. The highest BCUT2D eigenvalue weighted by atomic mass is 35.5. The van der Waals surface area contributed by atoms with E-state index in [0.717, 1.165) is 12.4 Å². The summed E-state index contributed by atoms with van der Waals surface area (Å²) in [4.78, 5) is 0. The number of nitrogens with zero attached hydrogens (tertiary/aromatic N) is 2. The number of nitrogens with one attached hydrogen (secondary N) is 1. The molecule has 0 amide bonds. The van der Waals surface area contributed by atoms with E-state index in [4.69, 9.17) is 11.6 Å². The average molecular weight is 228 g/mol. The summed E-state index contributed by atoms with van der Waals surface area (Å²) in [6.45, 7) is 0.909. The zero-order valence-electron chi connectivity index (χ0n) is 9.12. The molecule has 1 N–H and O–H groups in total. The summed E-state index contributed by atoms with van der Waals surface area (Å²) in [6.07, 6.45) is 7.81. The Kier molecular flexibility index (Phi) is 3.65. The molecular formula is C11H18ClN3. The molecule has 0 bridgehead atoms. The molecule has 2 unspecified atom stereocenters. The predicted molar refractivity (Wildman–Crippen MR) is 61.9 cm³/mol. The monoisotopic (exact) mass is 227 g/mol. The van der Waals surface area contributed by atoms with Crippen LogP contribution in [-0.4, -0.2) is 21.7 Å². The van der Waals surface area contributed by atoms with Gasteiger partial charge in [0.15, 0.2) is 0 Å². The van der Waals surface area contributed by atoms with Gasteiger partial charge in [0.25, 0.3) is 0 Å². The van der Waals surface area contributed by atoms with Crippen LogP contribution < -0.4 is 5.32 Å². The van der Waals surface area contributed by atoms with Crippen LogP contribution in [0.1, 0.15) is 24.8 Å². The summed E-state index contributed by atoms with van der Waals surface area (Å²) in [6, 6.07) is 0.600. The van der Waals surface area contributed by atoms with Crippen molar-refractivity contribution in [3.63, 3.8) is 0 Å². The number of hydrogen-bond acceptors (Lipinski definition) is 2. The van der Waals surface area contributed by atoms with Gasteiger partial charge in [-0.15, -0.1) is 11.6 Å². The molecule has 0 spiro atoms. The van der Waals surface area contributed by atoms with Crippen LogP contribution in [0.25, 0.3) is 0 Å². The molecule has 1 aliphatic rings. The number of rotatable bonds is 4. The van der Waals surface area contributed by atoms with Gasteiger partial charge in [-0.2, -0.15) is 5.10 Å². The van der Waals surface area contributed by atoms with Crippen LogP contribution >= 0.6 is 11.6 Å². The SMILES string of the molecule is Cn1cc(CNC2CCCC2CCl)cn1. The van der Waals surface area contributed by atoms with Crippen LogP contribution in [0.3, 0.4) is 0 Å². The van der Waals surface area contributed by atoms with Crippen LogP contribution in [0.5, 0.6) is 0 Å². The fourth-order valence-corrected chi connectivity index (χ4v) is 2.67. The molecule has 1 aromatic rings. The summed E-state index contributed by atoms with van der Waals surface area (Å²) in [5.74, 6) is 1.44. The zero-order chi connectivity index (χ0) is 10.7. The van der Waals surface area contributed by atoms with E-state index in [2.05, 4.69) is 16.6 Å². The lowest BCUT2D eigenvalue weighted by atomic mass is 10.1. The lowest BCUT2D eigenvalue weighted by Crippen LogP contribution is -2.32. The smallest absolute Gasteiger partial charge is 0.0534 e. The molecule has 2 rings (SSSR count). The summed E-state index contributed by atoms with van der Waals surface area (Å²) < 4.78 is 1.84. The highest BCUT2D eigenvalue weighted by Crippen LogP contribution is 2.26. The average Bonchev–Trinajstić information content (AvgIpc) is 2.83. The topological polar surface area (TPSA) is 29.9 Å². The summed E-state index contributed by atoms with van der Waals surface area (Å²) in [7, 11) is 1.95. The van der Waals surface area contributed by atoms with Crippen molar-refractivity contribution in [3.8, 4) is 0 Å². The maximum Gasteiger partial charge on any atom is 0.0534 e. The third kappa shape index (κ3) is 2.73. The molecule has 0 radical (unpaired) electrons. The Morgan fingerprint density at radius 2 is 2.47 bits per heavy atom. The molecule has 3 nitrogen and oxygen atoms in total. The minimum absolute atomic E-state index is 0.600. The van der Waals surface area contributed by atoms with Gasteiger partial charge in [0, 0.05) is 37.3 Å². The molecule has 1 aromatic heterocycles. The maximum atomic E-state index is 5.93. The van der Waals surface area contributed by atoms with Gasteiger partial charge in [-0.25, -0.2) is 0 Å². The summed E-state index contributed by atoms with van der Waals surface area (Å²) in [5.41, 5.74) is 1.25. The number of alkyl halides is 1. The lowest BCUT2D eigenvalue weighted by molar-refractivity contribution is 0.429. The molecule has 1 fully saturated rings. The highest BCUT2D eigenvalue weighted by Gasteiger charge is 2.25. The van der Waals surface area contributed by atoms with Gasteiger partial charge >= 0.3 is 0 Å². The fraction of sp³-hybridized carbons (Fsp3) is 0.727. The van der Waals surface area contributed by atoms with Crippen molar-refractivity contribution in [1.29, 1.82) is 0 Å². The number of halogens is 1. The lowest BCUT2D eigenvalue weighted by Gasteiger charge is -2.18. The molecule has 0 aromatic carbocycles. The van der Waals surface area contributed by atoms with Crippen molar-refractivity contribution in [1.82, 2.24) is 15.1 Å². The van der Waals surface area contributed by atoms with E-state index in [1.165, 1.54) is 24.8 Å². The maximum absolute atomic E-state index is 5.93. The summed E-state index contributed by atoms with van der Waals surface area (Å²) in [5, 5.41) is 7.73. The Balaban J connectivity index is 1.82. The number of aryl methyl sites for hydroxylation is 1. The first-order valence-electron chi connectivity index (χ1n) is 5.56. The minimum Gasteiger partial charge on any atom is -0.309 e. The summed E-state index contributed by atoms with van der Waals surface area (Å²) >= 11 is 5.93. The standard InChI is InChI=1S/C11H18ClN3/c1-15-8-9(7-14-15)6-13-11-4-2-3-10(11)5-12/h7-8,10-11,13H,2-6H2,1H3. The first kappa shape index (κ1) is 11.0. The van der Waals surface area contributed by atoms with Crippen LogP contribution in [0.4, 0.5) is 0 Å². The Labute approximate surface area is 95.8 Å². The van der Waals surface area contributed by atoms with Crippen molar-refractivity contribution in [2.45, 2.75) is 31.8 Å². The van der Waals surface area contributed by atoms with E-state index >= 15 is 0 Å². The normalized spacial score (nSPS) is 26.0. The quantitative estimate of drug-likeness (QED) is 0.797. The third-order valence-electron chi connectivity index (χ3n) is 3.18. The van der Waals surface area contributed by atoms with Gasteiger partial charge < -0.3 is 5.32 Å². The van der Waals surface area contributed by atoms with Crippen molar-refractivity contribution in [3.05, 3.63) is 18.0 Å². The number of aromatic nitrogens is 2. The number of hydrogen-bond donors (Lipinski definition) is 1. The molecule has 0 saturated heterocycles. The van der Waals surface area contributed by atoms with Crippen molar-refractivity contribution >= 4 is 11.6 Å². The predicted octanol–water partition coefficient (Wildman–Crippen LogP) is 1.92. The molecule has 15 heavy (non-hydrogen) atoms. The van der Waals surface area contributed by atoms with E-state index in [0.29, 0.717) is 12.0 Å². The third-order valence-corrected chi connectivity index (χ3v) is 3.58. The first-order valence-corrected chi connectivity index (χ1v) is 6.10. The second-order valence-corrected chi connectivity index (χ2v) is 4.66. The fourth-order valence-electron chi connectivity index (χ4n) is 2.30. The molecule has 1 saturated carbocycles. The zero-order valence-corrected chi connectivity index (χ0v) is 9.87. The first-order chi connectivity index (χ1) is 7.29. The van der Waals surface area contributed by atoms with E-state index in [9.17, 15) is 0 Å². The van der Waals surface area contributed by atoms with Gasteiger partial charge in [-0.3, -0.25) is 4.68 Å². The Bertz CT molecular complexity index is 311. The molecule has 2 atom stereocenters. The van der Waals surface area contributed by atoms with E-state index in [1.807, 2.05) is 17.9 Å². The largest absolute Gasteiger partial charge is 0.309 e.